The van der Waals surface area contributed by atoms with Gasteiger partial charge in [-0.2, -0.15) is 0 Å². The molecule has 0 N–H and O–H groups in total. The van der Waals surface area contributed by atoms with E-state index < -0.39 is 0 Å². The average molecular weight is 200 g/mol. The number of alkyl halides is 1. The smallest absolute Gasteiger partial charge is 0.293 e. The van der Waals surface area contributed by atoms with Crippen molar-refractivity contribution in [3.8, 4) is 0 Å². The van der Waals surface area contributed by atoms with Crippen LogP contribution in [-0.2, 0) is 0 Å². The summed E-state index contributed by atoms with van der Waals surface area (Å²) in [5.41, 5.74) is 0.763. The first kappa shape index (κ1) is 7.48. The van der Waals surface area contributed by atoms with Crippen LogP contribution in [0.3, 0.4) is 0 Å². The molecule has 0 aromatic heterocycles. The highest BCUT2D eigenvalue weighted by molar-refractivity contribution is 9.09. The molecule has 0 aliphatic rings. The fourth-order valence-corrected chi connectivity index (χ4v) is 1.02. The lowest BCUT2D eigenvalue weighted by Crippen LogP contribution is -1.98. The summed E-state index contributed by atoms with van der Waals surface area (Å²) < 4.78 is 0. The van der Waals surface area contributed by atoms with Gasteiger partial charge in [-0.25, -0.2) is 0 Å². The summed E-state index contributed by atoms with van der Waals surface area (Å²) in [5.74, 6) is 0.126. The third kappa shape index (κ3) is 1.67. The Kier molecular flexibility index (Phi) is 2.63. The Hall–Kier alpha value is -0.630. The number of Topliss-reactive ketones (excluding diaryl/α,β-unsaturated/α-hetero) is 1. The van der Waals surface area contributed by atoms with E-state index in [1.807, 2.05) is 30.3 Å². The number of hydrogen-bond acceptors (Lipinski definition) is 1. The molecule has 0 saturated heterocycles. The van der Waals surface area contributed by atoms with Gasteiger partial charge < -0.3 is 0 Å². The summed E-state index contributed by atoms with van der Waals surface area (Å²) in [6.07, 6.45) is 0. The zero-order valence-electron chi connectivity index (χ0n) is 6.38. The summed E-state index contributed by atoms with van der Waals surface area (Å²) in [7, 11) is 0. The van der Waals surface area contributed by atoms with Crippen molar-refractivity contribution in [2.45, 2.75) is 0 Å². The van der Waals surface area contributed by atoms with Gasteiger partial charge in [-0.1, -0.05) is 46.3 Å². The molecule has 0 fully saturated rings. The SMILES string of the molecule is O=C(CBr)c1ccccc1.[H+]. The molecule has 0 radical (unpaired) electrons. The van der Waals surface area contributed by atoms with Crippen LogP contribution in [0.15, 0.2) is 30.3 Å². The highest BCUT2D eigenvalue weighted by atomic mass is 79.9. The molecule has 1 aromatic rings. The zero-order valence-corrected chi connectivity index (χ0v) is 6.97. The normalized spacial score (nSPS) is 9.30. The van der Waals surface area contributed by atoms with Gasteiger partial charge in [0, 0.05) is 5.56 Å². The Morgan fingerprint density at radius 3 is 2.50 bits per heavy atom. The fraction of sp³-hybridized carbons (Fsp3) is 0.125. The van der Waals surface area contributed by atoms with Gasteiger partial charge in [-0.3, -0.25) is 4.79 Å². The van der Waals surface area contributed by atoms with Crippen molar-refractivity contribution in [1.82, 2.24) is 0 Å². The first-order valence-electron chi connectivity index (χ1n) is 2.99. The second kappa shape index (κ2) is 3.52. The number of benzene rings is 1. The Morgan fingerprint density at radius 1 is 1.40 bits per heavy atom. The van der Waals surface area contributed by atoms with Crippen LogP contribution in [0.25, 0.3) is 0 Å². The minimum absolute atomic E-state index is 0. The van der Waals surface area contributed by atoms with Crippen molar-refractivity contribution in [3.63, 3.8) is 0 Å². The van der Waals surface area contributed by atoms with E-state index in [0.29, 0.717) is 5.33 Å². The van der Waals surface area contributed by atoms with Crippen molar-refractivity contribution in [3.05, 3.63) is 35.9 Å². The second-order valence-electron chi connectivity index (χ2n) is 1.92. The molecule has 10 heavy (non-hydrogen) atoms. The number of rotatable bonds is 2. The fourth-order valence-electron chi connectivity index (χ4n) is 0.701. The van der Waals surface area contributed by atoms with Crippen molar-refractivity contribution >= 4 is 21.7 Å². The van der Waals surface area contributed by atoms with E-state index in [4.69, 9.17) is 0 Å². The molecule has 1 aromatic carbocycles. The molecule has 2 heteroatoms. The maximum Gasteiger partial charge on any atom is 1.00 e. The Labute approximate surface area is 69.7 Å². The summed E-state index contributed by atoms with van der Waals surface area (Å²) in [5, 5.41) is 0.400. The maximum absolute atomic E-state index is 11.0. The maximum atomic E-state index is 11.0. The van der Waals surface area contributed by atoms with Crippen LogP contribution in [0.4, 0.5) is 0 Å². The van der Waals surface area contributed by atoms with Gasteiger partial charge in [-0.15, -0.1) is 0 Å². The molecule has 0 aliphatic carbocycles. The monoisotopic (exact) mass is 199 g/mol. The van der Waals surface area contributed by atoms with Gasteiger partial charge in [0.1, 0.15) is 0 Å². The number of halogens is 1. The first-order valence-corrected chi connectivity index (χ1v) is 4.11. The van der Waals surface area contributed by atoms with E-state index in [0.717, 1.165) is 5.56 Å². The average Bonchev–Trinajstić information content (AvgIpc) is 2.05. The number of carbonyl (C=O) groups is 1. The zero-order chi connectivity index (χ0) is 7.40. The largest absolute Gasteiger partial charge is 1.00 e. The lowest BCUT2D eigenvalue weighted by Gasteiger charge is -1.92. The predicted molar refractivity (Wildman–Crippen MR) is 45.7 cm³/mol. The van der Waals surface area contributed by atoms with Gasteiger partial charge in [0.15, 0.2) is 5.78 Å². The summed E-state index contributed by atoms with van der Waals surface area (Å²) in [4.78, 5) is 11.0. The number of hydrogen-bond donors (Lipinski definition) is 0. The highest BCUT2D eigenvalue weighted by Gasteiger charge is 1.99. The molecular formula is C8H8BrO+. The topological polar surface area (TPSA) is 17.1 Å². The van der Waals surface area contributed by atoms with Gasteiger partial charge in [-0.05, 0) is 0 Å². The molecule has 0 amide bonds. The van der Waals surface area contributed by atoms with E-state index in [1.165, 1.54) is 0 Å². The van der Waals surface area contributed by atoms with Crippen molar-refractivity contribution in [1.29, 1.82) is 0 Å². The summed E-state index contributed by atoms with van der Waals surface area (Å²) in [6.45, 7) is 0. The standard InChI is InChI=1S/C8H7BrO/c9-6-8(10)7-4-2-1-3-5-7/h1-5H,6H2/p+1. The van der Waals surface area contributed by atoms with E-state index in [2.05, 4.69) is 15.9 Å². The lowest BCUT2D eigenvalue weighted by atomic mass is 10.2. The van der Waals surface area contributed by atoms with E-state index in [1.54, 1.807) is 0 Å². The first-order chi connectivity index (χ1) is 4.84. The molecule has 0 spiro atoms. The number of ketones is 1. The van der Waals surface area contributed by atoms with Gasteiger partial charge >= 0.3 is 1.43 Å². The molecule has 0 saturated carbocycles. The quantitative estimate of drug-likeness (QED) is 0.529. The van der Waals surface area contributed by atoms with E-state index in [9.17, 15) is 4.79 Å². The minimum Gasteiger partial charge on any atom is -0.293 e. The molecule has 0 aliphatic heterocycles. The molecular weight excluding hydrogens is 192 g/mol. The Bertz CT molecular complexity index is 223. The third-order valence-corrected chi connectivity index (χ3v) is 1.73. The molecule has 0 bridgehead atoms. The molecule has 1 nitrogen and oxygen atoms in total. The molecule has 0 atom stereocenters. The van der Waals surface area contributed by atoms with Crippen LogP contribution < -0.4 is 0 Å². The van der Waals surface area contributed by atoms with Crippen LogP contribution in [0.1, 0.15) is 11.8 Å². The van der Waals surface area contributed by atoms with E-state index in [-0.39, 0.29) is 7.21 Å². The summed E-state index contributed by atoms with van der Waals surface area (Å²) in [6, 6.07) is 9.23. The second-order valence-corrected chi connectivity index (χ2v) is 2.48. The Morgan fingerprint density at radius 2 is 2.00 bits per heavy atom. The Balaban J connectivity index is 0.000001000. The highest BCUT2D eigenvalue weighted by Crippen LogP contribution is 2.01. The van der Waals surface area contributed by atoms with Gasteiger partial charge in [0.2, 0.25) is 0 Å². The molecule has 0 heterocycles. The van der Waals surface area contributed by atoms with Gasteiger partial charge in [0.05, 0.1) is 5.33 Å². The van der Waals surface area contributed by atoms with Crippen LogP contribution in [-0.4, -0.2) is 11.1 Å². The third-order valence-electron chi connectivity index (χ3n) is 1.22. The van der Waals surface area contributed by atoms with Crippen LogP contribution in [0.5, 0.6) is 0 Å². The van der Waals surface area contributed by atoms with Crippen LogP contribution in [0.2, 0.25) is 0 Å². The van der Waals surface area contributed by atoms with Crippen LogP contribution >= 0.6 is 15.9 Å². The van der Waals surface area contributed by atoms with Crippen molar-refractivity contribution < 1.29 is 6.22 Å². The van der Waals surface area contributed by atoms with E-state index >= 15 is 0 Å². The molecule has 52 valence electrons. The van der Waals surface area contributed by atoms with Crippen LogP contribution in [0, 0.1) is 0 Å². The summed E-state index contributed by atoms with van der Waals surface area (Å²) >= 11 is 3.10. The minimum atomic E-state index is 0. The molecule has 1 rings (SSSR count). The molecule has 0 unspecified atom stereocenters. The van der Waals surface area contributed by atoms with Gasteiger partial charge in [0.25, 0.3) is 0 Å². The predicted octanol–water partition coefficient (Wildman–Crippen LogP) is 2.38. The van der Waals surface area contributed by atoms with Crippen molar-refractivity contribution in [2.75, 3.05) is 5.33 Å². The van der Waals surface area contributed by atoms with Crippen molar-refractivity contribution in [2.24, 2.45) is 0 Å². The number of carbonyl (C=O) groups excluding carboxylic acids is 1. The lowest BCUT2D eigenvalue weighted by molar-refractivity contribution is 0.102.